The summed E-state index contributed by atoms with van der Waals surface area (Å²) in [5.74, 6) is 0. The molecule has 0 aliphatic carbocycles. The molecule has 0 aliphatic rings. The van der Waals surface area contributed by atoms with Crippen molar-refractivity contribution in [2.24, 2.45) is 0 Å². The van der Waals surface area contributed by atoms with Crippen molar-refractivity contribution in [3.8, 4) is 0 Å². The standard InChI is InChI=1S/C17H16N2O/c20-17-7-3-4-11-19(17)12-10-18-16-9-8-14-5-1-2-6-15(14)13-16/h1-9,11,13,18H,10,12H2. The monoisotopic (exact) mass is 264 g/mol. The van der Waals surface area contributed by atoms with Gasteiger partial charge in [0, 0.05) is 31.0 Å². The van der Waals surface area contributed by atoms with Crippen LogP contribution in [-0.4, -0.2) is 11.1 Å². The Balaban J connectivity index is 1.68. The minimum Gasteiger partial charge on any atom is -0.383 e. The van der Waals surface area contributed by atoms with E-state index in [0.29, 0.717) is 6.54 Å². The number of hydrogen-bond donors (Lipinski definition) is 1. The summed E-state index contributed by atoms with van der Waals surface area (Å²) >= 11 is 0. The molecule has 20 heavy (non-hydrogen) atoms. The van der Waals surface area contributed by atoms with Gasteiger partial charge in [-0.05, 0) is 29.0 Å². The molecule has 100 valence electrons. The fourth-order valence-electron chi connectivity index (χ4n) is 2.27. The Morgan fingerprint density at radius 3 is 2.55 bits per heavy atom. The highest BCUT2D eigenvalue weighted by molar-refractivity contribution is 5.85. The zero-order chi connectivity index (χ0) is 13.8. The SMILES string of the molecule is O=c1ccccn1CCNc1ccc2ccccc2c1. The highest BCUT2D eigenvalue weighted by Gasteiger charge is 1.97. The summed E-state index contributed by atoms with van der Waals surface area (Å²) in [6.07, 6.45) is 1.81. The molecule has 0 saturated carbocycles. The van der Waals surface area contributed by atoms with Crippen molar-refractivity contribution in [1.82, 2.24) is 4.57 Å². The highest BCUT2D eigenvalue weighted by atomic mass is 16.1. The van der Waals surface area contributed by atoms with Crippen LogP contribution >= 0.6 is 0 Å². The number of fused-ring (bicyclic) bond motifs is 1. The number of anilines is 1. The Morgan fingerprint density at radius 2 is 1.70 bits per heavy atom. The topological polar surface area (TPSA) is 34.0 Å². The summed E-state index contributed by atoms with van der Waals surface area (Å²) in [4.78, 5) is 11.6. The fourth-order valence-corrected chi connectivity index (χ4v) is 2.27. The van der Waals surface area contributed by atoms with Gasteiger partial charge >= 0.3 is 0 Å². The van der Waals surface area contributed by atoms with Gasteiger partial charge in [-0.2, -0.15) is 0 Å². The number of pyridine rings is 1. The third-order valence-corrected chi connectivity index (χ3v) is 3.33. The number of rotatable bonds is 4. The molecular weight excluding hydrogens is 248 g/mol. The second-order valence-electron chi connectivity index (χ2n) is 4.72. The Hall–Kier alpha value is -2.55. The van der Waals surface area contributed by atoms with Gasteiger partial charge in [0.15, 0.2) is 0 Å². The minimum atomic E-state index is 0.0350. The molecule has 3 rings (SSSR count). The van der Waals surface area contributed by atoms with E-state index in [2.05, 4.69) is 35.6 Å². The van der Waals surface area contributed by atoms with E-state index >= 15 is 0 Å². The fraction of sp³-hybridized carbons (Fsp3) is 0.118. The molecule has 1 heterocycles. The van der Waals surface area contributed by atoms with E-state index < -0.39 is 0 Å². The highest BCUT2D eigenvalue weighted by Crippen LogP contribution is 2.18. The molecule has 0 bridgehead atoms. The first-order valence-corrected chi connectivity index (χ1v) is 6.71. The lowest BCUT2D eigenvalue weighted by Crippen LogP contribution is -2.21. The smallest absolute Gasteiger partial charge is 0.250 e. The molecule has 0 radical (unpaired) electrons. The van der Waals surface area contributed by atoms with Gasteiger partial charge in [-0.3, -0.25) is 4.79 Å². The van der Waals surface area contributed by atoms with Gasteiger partial charge in [0.25, 0.3) is 5.56 Å². The predicted molar refractivity (Wildman–Crippen MR) is 83.1 cm³/mol. The molecule has 0 atom stereocenters. The van der Waals surface area contributed by atoms with Crippen LogP contribution in [0.4, 0.5) is 5.69 Å². The van der Waals surface area contributed by atoms with Gasteiger partial charge in [-0.15, -0.1) is 0 Å². The molecule has 0 spiro atoms. The Labute approximate surface area is 117 Å². The number of nitrogens with zero attached hydrogens (tertiary/aromatic N) is 1. The van der Waals surface area contributed by atoms with Crippen molar-refractivity contribution in [1.29, 1.82) is 0 Å². The molecule has 0 amide bonds. The maximum Gasteiger partial charge on any atom is 0.250 e. The number of hydrogen-bond acceptors (Lipinski definition) is 2. The van der Waals surface area contributed by atoms with Crippen molar-refractivity contribution in [3.05, 3.63) is 77.2 Å². The summed E-state index contributed by atoms with van der Waals surface area (Å²) in [6.45, 7) is 1.38. The molecule has 3 aromatic rings. The molecule has 0 unspecified atom stereocenters. The number of aromatic nitrogens is 1. The third-order valence-electron chi connectivity index (χ3n) is 3.33. The molecule has 0 fully saturated rings. The van der Waals surface area contributed by atoms with Crippen LogP contribution in [0, 0.1) is 0 Å². The third kappa shape index (κ3) is 2.72. The zero-order valence-corrected chi connectivity index (χ0v) is 11.1. The van der Waals surface area contributed by atoms with Gasteiger partial charge in [-0.1, -0.05) is 36.4 Å². The van der Waals surface area contributed by atoms with Gasteiger partial charge in [0.2, 0.25) is 0 Å². The van der Waals surface area contributed by atoms with Crippen LogP contribution < -0.4 is 10.9 Å². The summed E-state index contributed by atoms with van der Waals surface area (Å²) in [6, 6.07) is 19.8. The van der Waals surface area contributed by atoms with Crippen LogP contribution in [-0.2, 0) is 6.54 Å². The van der Waals surface area contributed by atoms with Crippen molar-refractivity contribution in [2.45, 2.75) is 6.54 Å². The van der Waals surface area contributed by atoms with Crippen LogP contribution in [0.5, 0.6) is 0 Å². The lowest BCUT2D eigenvalue weighted by atomic mass is 10.1. The van der Waals surface area contributed by atoms with Crippen LogP contribution in [0.2, 0.25) is 0 Å². The van der Waals surface area contributed by atoms with Crippen molar-refractivity contribution in [2.75, 3.05) is 11.9 Å². The van der Waals surface area contributed by atoms with E-state index in [-0.39, 0.29) is 5.56 Å². The first-order chi connectivity index (χ1) is 9.83. The molecule has 0 saturated heterocycles. The van der Waals surface area contributed by atoms with Gasteiger partial charge in [0.1, 0.15) is 0 Å². The summed E-state index contributed by atoms with van der Waals surface area (Å²) < 4.78 is 1.70. The summed E-state index contributed by atoms with van der Waals surface area (Å²) in [7, 11) is 0. The summed E-state index contributed by atoms with van der Waals surface area (Å²) in [5, 5.41) is 5.80. The molecule has 1 aromatic heterocycles. The largest absolute Gasteiger partial charge is 0.383 e. The van der Waals surface area contributed by atoms with Gasteiger partial charge in [0.05, 0.1) is 0 Å². The van der Waals surface area contributed by atoms with E-state index in [9.17, 15) is 4.79 Å². The normalized spacial score (nSPS) is 10.6. The van der Waals surface area contributed by atoms with Crippen molar-refractivity contribution >= 4 is 16.5 Å². The first kappa shape index (κ1) is 12.5. The molecule has 0 aliphatic heterocycles. The predicted octanol–water partition coefficient (Wildman–Crippen LogP) is 3.11. The van der Waals surface area contributed by atoms with Crippen LogP contribution in [0.1, 0.15) is 0 Å². The van der Waals surface area contributed by atoms with Gasteiger partial charge in [-0.25, -0.2) is 0 Å². The maximum atomic E-state index is 11.6. The van der Waals surface area contributed by atoms with Crippen LogP contribution in [0.25, 0.3) is 10.8 Å². The molecule has 2 aromatic carbocycles. The first-order valence-electron chi connectivity index (χ1n) is 6.71. The van der Waals surface area contributed by atoms with E-state index in [1.54, 1.807) is 16.7 Å². The van der Waals surface area contributed by atoms with Crippen molar-refractivity contribution < 1.29 is 0 Å². The number of benzene rings is 2. The second kappa shape index (κ2) is 5.61. The molecule has 1 N–H and O–H groups in total. The average molecular weight is 264 g/mol. The quantitative estimate of drug-likeness (QED) is 0.785. The van der Waals surface area contributed by atoms with E-state index in [0.717, 1.165) is 12.2 Å². The minimum absolute atomic E-state index is 0.0350. The Bertz CT molecular complexity index is 777. The number of nitrogens with one attached hydrogen (secondary N) is 1. The molecule has 3 nitrogen and oxygen atoms in total. The zero-order valence-electron chi connectivity index (χ0n) is 11.1. The molecular formula is C17H16N2O. The summed E-state index contributed by atoms with van der Waals surface area (Å²) in [5.41, 5.74) is 1.11. The molecule has 3 heteroatoms. The second-order valence-corrected chi connectivity index (χ2v) is 4.72. The average Bonchev–Trinajstić information content (AvgIpc) is 2.49. The van der Waals surface area contributed by atoms with Crippen molar-refractivity contribution in [3.63, 3.8) is 0 Å². The van der Waals surface area contributed by atoms with Crippen LogP contribution in [0.3, 0.4) is 0 Å². The lowest BCUT2D eigenvalue weighted by molar-refractivity contribution is 0.698. The van der Waals surface area contributed by atoms with E-state index in [1.165, 1.54) is 10.8 Å². The van der Waals surface area contributed by atoms with E-state index in [1.807, 2.05) is 24.4 Å². The Kier molecular flexibility index (Phi) is 3.50. The maximum absolute atomic E-state index is 11.6. The van der Waals surface area contributed by atoms with Gasteiger partial charge < -0.3 is 9.88 Å². The van der Waals surface area contributed by atoms with E-state index in [4.69, 9.17) is 0 Å². The Morgan fingerprint density at radius 1 is 0.900 bits per heavy atom. The lowest BCUT2D eigenvalue weighted by Gasteiger charge is -2.09. The van der Waals surface area contributed by atoms with Crippen LogP contribution in [0.15, 0.2) is 71.7 Å².